The Morgan fingerprint density at radius 1 is 1.19 bits per heavy atom. The van der Waals surface area contributed by atoms with Gasteiger partial charge < -0.3 is 0 Å². The maximum atomic E-state index is 11.4. The Morgan fingerprint density at radius 2 is 1.81 bits per heavy atom. The van der Waals surface area contributed by atoms with Gasteiger partial charge in [0.25, 0.3) is 0 Å². The van der Waals surface area contributed by atoms with Gasteiger partial charge >= 0.3 is 0 Å². The number of carbonyl (C=O) groups is 1. The van der Waals surface area contributed by atoms with Crippen molar-refractivity contribution in [1.82, 2.24) is 4.90 Å². The molecule has 0 unspecified atom stereocenters. The number of hydrogen-bond donors (Lipinski definition) is 0. The largest absolute Gasteiger partial charge is 0.300 e. The number of hydrogen-bond acceptors (Lipinski definition) is 2. The van der Waals surface area contributed by atoms with E-state index in [0.29, 0.717) is 11.3 Å². The second kappa shape index (κ2) is 5.31. The van der Waals surface area contributed by atoms with Gasteiger partial charge in [-0.1, -0.05) is 19.8 Å². The van der Waals surface area contributed by atoms with Gasteiger partial charge in [0, 0.05) is 18.4 Å². The molecule has 0 aromatic heterocycles. The van der Waals surface area contributed by atoms with Crippen LogP contribution in [0, 0.1) is 0 Å². The Hall–Kier alpha value is -0.370. The van der Waals surface area contributed by atoms with Crippen LogP contribution in [0.1, 0.15) is 64.7 Å². The number of nitrogens with zero attached hydrogens (tertiary/aromatic N) is 1. The van der Waals surface area contributed by atoms with Crippen LogP contribution in [0.25, 0.3) is 0 Å². The highest BCUT2D eigenvalue weighted by molar-refractivity contribution is 5.79. The lowest BCUT2D eigenvalue weighted by Crippen LogP contribution is -2.49. The van der Waals surface area contributed by atoms with E-state index in [-0.39, 0.29) is 0 Å². The molecule has 0 amide bonds. The van der Waals surface area contributed by atoms with E-state index in [1.807, 2.05) is 0 Å². The summed E-state index contributed by atoms with van der Waals surface area (Å²) in [7, 11) is 0. The van der Waals surface area contributed by atoms with Gasteiger partial charge in [0.2, 0.25) is 0 Å². The zero-order chi connectivity index (χ0) is 11.4. The number of likely N-dealkylation sites (tertiary alicyclic amines) is 1. The summed E-state index contributed by atoms with van der Waals surface area (Å²) in [6, 6.07) is 0. The van der Waals surface area contributed by atoms with E-state index >= 15 is 0 Å². The number of unbranched alkanes of at least 4 members (excludes halogenated alkanes) is 1. The zero-order valence-corrected chi connectivity index (χ0v) is 10.6. The standard InChI is InChI=1S/C14H25NO/c1-2-3-8-14(15-11-4-5-12-15)9-6-13(16)7-10-14/h2-12H2,1H3. The number of ketones is 1. The summed E-state index contributed by atoms with van der Waals surface area (Å²) < 4.78 is 0. The van der Waals surface area contributed by atoms with Gasteiger partial charge in [0.15, 0.2) is 0 Å². The summed E-state index contributed by atoms with van der Waals surface area (Å²) in [5.41, 5.74) is 0.403. The molecule has 0 bridgehead atoms. The first-order valence-corrected chi connectivity index (χ1v) is 7.04. The molecule has 1 saturated carbocycles. The maximum Gasteiger partial charge on any atom is 0.133 e. The summed E-state index contributed by atoms with van der Waals surface area (Å²) in [4.78, 5) is 14.1. The second-order valence-corrected chi connectivity index (χ2v) is 5.56. The van der Waals surface area contributed by atoms with E-state index in [2.05, 4.69) is 11.8 Å². The minimum atomic E-state index is 0.403. The van der Waals surface area contributed by atoms with Gasteiger partial charge in [-0.3, -0.25) is 9.69 Å². The Labute approximate surface area is 99.4 Å². The van der Waals surface area contributed by atoms with Crippen molar-refractivity contribution in [3.05, 3.63) is 0 Å². The predicted octanol–water partition coefficient (Wildman–Crippen LogP) is 3.15. The normalized spacial score (nSPS) is 26.2. The number of carbonyl (C=O) groups excluding carboxylic acids is 1. The molecule has 2 nitrogen and oxygen atoms in total. The molecule has 1 aliphatic carbocycles. The highest BCUT2D eigenvalue weighted by atomic mass is 16.1. The fourth-order valence-electron chi connectivity index (χ4n) is 3.42. The van der Waals surface area contributed by atoms with Crippen molar-refractivity contribution < 1.29 is 4.79 Å². The highest BCUT2D eigenvalue weighted by Gasteiger charge is 2.40. The van der Waals surface area contributed by atoms with Gasteiger partial charge in [-0.15, -0.1) is 0 Å². The lowest BCUT2D eigenvalue weighted by Gasteiger charge is -2.44. The predicted molar refractivity (Wildman–Crippen MR) is 66.5 cm³/mol. The molecule has 1 aliphatic heterocycles. The van der Waals surface area contributed by atoms with Crippen LogP contribution in [0.5, 0.6) is 0 Å². The first kappa shape index (κ1) is 12.1. The Balaban J connectivity index is 2.02. The summed E-state index contributed by atoms with van der Waals surface area (Å²) in [6.07, 6.45) is 10.6. The molecule has 2 heteroatoms. The second-order valence-electron chi connectivity index (χ2n) is 5.56. The first-order valence-electron chi connectivity index (χ1n) is 7.04. The molecule has 0 aromatic rings. The summed E-state index contributed by atoms with van der Waals surface area (Å²) in [5.74, 6) is 0.492. The van der Waals surface area contributed by atoms with E-state index in [0.717, 1.165) is 25.7 Å². The number of rotatable bonds is 4. The van der Waals surface area contributed by atoms with Crippen molar-refractivity contribution in [1.29, 1.82) is 0 Å². The average Bonchev–Trinajstić information content (AvgIpc) is 2.83. The van der Waals surface area contributed by atoms with Crippen molar-refractivity contribution in [2.45, 2.75) is 70.3 Å². The monoisotopic (exact) mass is 223 g/mol. The smallest absolute Gasteiger partial charge is 0.133 e. The third-order valence-corrected chi connectivity index (χ3v) is 4.51. The van der Waals surface area contributed by atoms with Crippen molar-refractivity contribution in [2.75, 3.05) is 13.1 Å². The first-order chi connectivity index (χ1) is 7.77. The fraction of sp³-hybridized carbons (Fsp3) is 0.929. The van der Waals surface area contributed by atoms with Crippen LogP contribution in [0.2, 0.25) is 0 Å². The molecule has 0 spiro atoms. The molecule has 0 aromatic carbocycles. The van der Waals surface area contributed by atoms with E-state index in [1.54, 1.807) is 0 Å². The topological polar surface area (TPSA) is 20.3 Å². The molecule has 2 fully saturated rings. The van der Waals surface area contributed by atoms with Crippen molar-refractivity contribution >= 4 is 5.78 Å². The third-order valence-electron chi connectivity index (χ3n) is 4.51. The van der Waals surface area contributed by atoms with Crippen LogP contribution in [0.3, 0.4) is 0 Å². The lowest BCUT2D eigenvalue weighted by atomic mass is 9.76. The molecule has 2 rings (SSSR count). The molecule has 1 saturated heterocycles. The Morgan fingerprint density at radius 3 is 2.38 bits per heavy atom. The fourth-order valence-corrected chi connectivity index (χ4v) is 3.42. The quantitative estimate of drug-likeness (QED) is 0.729. The van der Waals surface area contributed by atoms with Crippen LogP contribution in [-0.4, -0.2) is 29.3 Å². The zero-order valence-electron chi connectivity index (χ0n) is 10.6. The molecule has 92 valence electrons. The molecular formula is C14H25NO. The highest BCUT2D eigenvalue weighted by Crippen LogP contribution is 2.38. The van der Waals surface area contributed by atoms with Crippen LogP contribution in [-0.2, 0) is 4.79 Å². The van der Waals surface area contributed by atoms with E-state index in [9.17, 15) is 4.79 Å². The van der Waals surface area contributed by atoms with E-state index in [4.69, 9.17) is 0 Å². The van der Waals surface area contributed by atoms with Crippen molar-refractivity contribution in [3.8, 4) is 0 Å². The van der Waals surface area contributed by atoms with E-state index in [1.165, 1.54) is 45.2 Å². The SMILES string of the molecule is CCCCC1(N2CCCC2)CCC(=O)CC1. The third kappa shape index (κ3) is 2.48. The number of Topliss-reactive ketones (excluding diaryl/α,β-unsaturated/α-hetero) is 1. The van der Waals surface area contributed by atoms with Gasteiger partial charge in [0.1, 0.15) is 5.78 Å². The molecule has 1 heterocycles. The molecule has 0 N–H and O–H groups in total. The molecule has 0 radical (unpaired) electrons. The molecule has 2 aliphatic rings. The van der Waals surface area contributed by atoms with Crippen LogP contribution < -0.4 is 0 Å². The maximum absolute atomic E-state index is 11.4. The van der Waals surface area contributed by atoms with Gasteiger partial charge in [0.05, 0.1) is 0 Å². The lowest BCUT2D eigenvalue weighted by molar-refractivity contribution is -0.123. The molecule has 16 heavy (non-hydrogen) atoms. The minimum absolute atomic E-state index is 0.403. The van der Waals surface area contributed by atoms with Crippen LogP contribution in [0.15, 0.2) is 0 Å². The average molecular weight is 223 g/mol. The molecule has 0 atom stereocenters. The van der Waals surface area contributed by atoms with Crippen LogP contribution in [0.4, 0.5) is 0 Å². The van der Waals surface area contributed by atoms with Crippen molar-refractivity contribution in [2.24, 2.45) is 0 Å². The van der Waals surface area contributed by atoms with Gasteiger partial charge in [-0.2, -0.15) is 0 Å². The van der Waals surface area contributed by atoms with Gasteiger partial charge in [-0.05, 0) is 45.2 Å². The summed E-state index contributed by atoms with van der Waals surface area (Å²) in [5, 5.41) is 0. The minimum Gasteiger partial charge on any atom is -0.300 e. The summed E-state index contributed by atoms with van der Waals surface area (Å²) in [6.45, 7) is 4.82. The summed E-state index contributed by atoms with van der Waals surface area (Å²) >= 11 is 0. The Bertz CT molecular complexity index is 233. The molecular weight excluding hydrogens is 198 g/mol. The van der Waals surface area contributed by atoms with Crippen molar-refractivity contribution in [3.63, 3.8) is 0 Å². The Kier molecular flexibility index (Phi) is 4.01. The van der Waals surface area contributed by atoms with E-state index < -0.39 is 0 Å². The van der Waals surface area contributed by atoms with Crippen LogP contribution >= 0.6 is 0 Å². The van der Waals surface area contributed by atoms with Gasteiger partial charge in [-0.25, -0.2) is 0 Å².